The predicted molar refractivity (Wildman–Crippen MR) is 52.1 cm³/mol. The number of nitro groups is 1. The molecule has 0 aliphatic heterocycles. The highest BCUT2D eigenvalue weighted by Gasteiger charge is 2.04. The molecule has 0 saturated heterocycles. The van der Waals surface area contributed by atoms with Crippen molar-refractivity contribution in [3.05, 3.63) is 50.4 Å². The lowest BCUT2D eigenvalue weighted by atomic mass is 10.2. The highest BCUT2D eigenvalue weighted by molar-refractivity contribution is 6.30. The first kappa shape index (κ1) is 10.7. The Bertz CT molecular complexity index is 404. The average Bonchev–Trinajstić information content (AvgIpc) is 2.11. The van der Waals surface area contributed by atoms with Gasteiger partial charge in [-0.3, -0.25) is 10.1 Å². The van der Waals surface area contributed by atoms with Crippen LogP contribution in [0.3, 0.4) is 0 Å². The van der Waals surface area contributed by atoms with Gasteiger partial charge >= 0.3 is 0 Å². The lowest BCUT2D eigenvalue weighted by molar-refractivity contribution is -0.422. The quantitative estimate of drug-likeness (QED) is 0.562. The highest BCUT2D eigenvalue weighted by atomic mass is 35.5. The summed E-state index contributed by atoms with van der Waals surface area (Å²) in [6, 6.07) is 3.93. The summed E-state index contributed by atoms with van der Waals surface area (Å²) >= 11 is 5.50. The van der Waals surface area contributed by atoms with Crippen LogP contribution in [0, 0.1) is 15.9 Å². The Kier molecular flexibility index (Phi) is 3.19. The molecule has 5 heteroatoms. The van der Waals surface area contributed by atoms with Gasteiger partial charge in [-0.15, -0.1) is 0 Å². The van der Waals surface area contributed by atoms with E-state index in [-0.39, 0.29) is 10.7 Å². The van der Waals surface area contributed by atoms with E-state index < -0.39 is 10.7 Å². The van der Waals surface area contributed by atoms with E-state index >= 15 is 0 Å². The maximum absolute atomic E-state index is 12.7. The van der Waals surface area contributed by atoms with Crippen LogP contribution in [0.25, 0.3) is 6.08 Å². The summed E-state index contributed by atoms with van der Waals surface area (Å²) < 4.78 is 12.7. The van der Waals surface area contributed by atoms with Gasteiger partial charge < -0.3 is 0 Å². The van der Waals surface area contributed by atoms with Crippen molar-refractivity contribution < 1.29 is 9.31 Å². The van der Waals surface area contributed by atoms with Crippen molar-refractivity contribution in [1.29, 1.82) is 0 Å². The van der Waals surface area contributed by atoms with Gasteiger partial charge in [-0.25, -0.2) is 4.39 Å². The molecular formula is C9H7ClFNO2. The van der Waals surface area contributed by atoms with Gasteiger partial charge in [0.25, 0.3) is 0 Å². The molecule has 1 rings (SSSR count). The van der Waals surface area contributed by atoms with E-state index in [4.69, 9.17) is 11.6 Å². The van der Waals surface area contributed by atoms with Gasteiger partial charge in [0.15, 0.2) is 0 Å². The third-order valence-electron chi connectivity index (χ3n) is 1.61. The summed E-state index contributed by atoms with van der Waals surface area (Å²) in [5.74, 6) is -0.539. The van der Waals surface area contributed by atoms with Crippen molar-refractivity contribution in [3.8, 4) is 0 Å². The highest BCUT2D eigenvalue weighted by Crippen LogP contribution is 2.17. The minimum atomic E-state index is -0.539. The molecule has 0 fully saturated rings. The minimum absolute atomic E-state index is 0.0207. The monoisotopic (exact) mass is 215 g/mol. The number of halogens is 2. The van der Waals surface area contributed by atoms with Crippen LogP contribution in [0.5, 0.6) is 0 Å². The van der Waals surface area contributed by atoms with Gasteiger partial charge in [-0.05, 0) is 17.7 Å². The van der Waals surface area contributed by atoms with Crippen LogP contribution in [-0.2, 0) is 0 Å². The smallest absolute Gasteiger partial charge is 0.243 e. The predicted octanol–water partition coefficient (Wildman–Crippen LogP) is 3.12. The van der Waals surface area contributed by atoms with Crippen LogP contribution in [0.15, 0.2) is 23.9 Å². The molecule has 0 aromatic heterocycles. The molecule has 1 aromatic rings. The summed E-state index contributed by atoms with van der Waals surface area (Å²) in [6.45, 7) is 1.36. The molecule has 0 bridgehead atoms. The van der Waals surface area contributed by atoms with E-state index in [1.165, 1.54) is 31.2 Å². The second kappa shape index (κ2) is 4.19. The van der Waals surface area contributed by atoms with Crippen LogP contribution in [-0.4, -0.2) is 4.92 Å². The Hall–Kier alpha value is -1.42. The van der Waals surface area contributed by atoms with E-state index in [1.807, 2.05) is 0 Å². The number of nitrogens with zero attached hydrogens (tertiary/aromatic N) is 1. The first-order valence-corrected chi connectivity index (χ1v) is 4.16. The molecule has 0 unspecified atom stereocenters. The molecule has 0 radical (unpaired) electrons. The Morgan fingerprint density at radius 3 is 2.79 bits per heavy atom. The number of allylic oxidation sites excluding steroid dienone is 1. The summed E-state index contributed by atoms with van der Waals surface area (Å²) in [5, 5.41) is 10.2. The van der Waals surface area contributed by atoms with E-state index in [9.17, 15) is 14.5 Å². The van der Waals surface area contributed by atoms with E-state index in [0.717, 1.165) is 0 Å². The molecule has 0 aliphatic rings. The zero-order chi connectivity index (χ0) is 10.7. The number of benzene rings is 1. The molecule has 0 aliphatic carbocycles. The van der Waals surface area contributed by atoms with E-state index in [0.29, 0.717) is 5.56 Å². The Morgan fingerprint density at radius 2 is 2.29 bits per heavy atom. The second-order valence-corrected chi connectivity index (χ2v) is 3.12. The summed E-state index contributed by atoms with van der Waals surface area (Å²) in [6.07, 6.45) is 1.32. The Balaban J connectivity index is 3.04. The van der Waals surface area contributed by atoms with Gasteiger partial charge in [-0.2, -0.15) is 0 Å². The summed E-state index contributed by atoms with van der Waals surface area (Å²) in [4.78, 5) is 9.77. The SMILES string of the molecule is C/C(=C/c1ccc(F)c(Cl)c1)[N+](=O)[O-]. The third kappa shape index (κ3) is 2.53. The van der Waals surface area contributed by atoms with Gasteiger partial charge in [0.05, 0.1) is 9.95 Å². The molecule has 3 nitrogen and oxygen atoms in total. The van der Waals surface area contributed by atoms with E-state index in [1.54, 1.807) is 0 Å². The Morgan fingerprint density at radius 1 is 1.64 bits per heavy atom. The molecule has 0 saturated carbocycles. The number of rotatable bonds is 2. The van der Waals surface area contributed by atoms with Crippen LogP contribution >= 0.6 is 11.6 Å². The molecular weight excluding hydrogens is 209 g/mol. The van der Waals surface area contributed by atoms with Crippen LogP contribution < -0.4 is 0 Å². The van der Waals surface area contributed by atoms with Crippen molar-refractivity contribution in [2.45, 2.75) is 6.92 Å². The van der Waals surface area contributed by atoms with E-state index in [2.05, 4.69) is 0 Å². The van der Waals surface area contributed by atoms with Crippen molar-refractivity contribution in [1.82, 2.24) is 0 Å². The standard InChI is InChI=1S/C9H7ClFNO2/c1-6(12(13)14)4-7-2-3-9(11)8(10)5-7/h2-5H,1H3/b6-4-. The van der Waals surface area contributed by atoms with Gasteiger partial charge in [0.2, 0.25) is 5.70 Å². The average molecular weight is 216 g/mol. The third-order valence-corrected chi connectivity index (χ3v) is 1.90. The van der Waals surface area contributed by atoms with Crippen molar-refractivity contribution in [2.24, 2.45) is 0 Å². The molecule has 74 valence electrons. The fourth-order valence-corrected chi connectivity index (χ4v) is 1.09. The molecule has 0 N–H and O–H groups in total. The minimum Gasteiger partial charge on any atom is -0.259 e. The lowest BCUT2D eigenvalue weighted by Crippen LogP contribution is -1.93. The summed E-state index contributed by atoms with van der Waals surface area (Å²) in [7, 11) is 0. The molecule has 14 heavy (non-hydrogen) atoms. The molecule has 1 aromatic carbocycles. The number of hydrogen-bond donors (Lipinski definition) is 0. The first-order chi connectivity index (χ1) is 6.50. The van der Waals surface area contributed by atoms with Crippen LogP contribution in [0.1, 0.15) is 12.5 Å². The van der Waals surface area contributed by atoms with Crippen LogP contribution in [0.2, 0.25) is 5.02 Å². The normalized spacial score (nSPS) is 11.5. The largest absolute Gasteiger partial charge is 0.259 e. The maximum Gasteiger partial charge on any atom is 0.243 e. The first-order valence-electron chi connectivity index (χ1n) is 3.78. The van der Waals surface area contributed by atoms with Crippen molar-refractivity contribution >= 4 is 17.7 Å². The number of hydrogen-bond acceptors (Lipinski definition) is 2. The van der Waals surface area contributed by atoms with Gasteiger partial charge in [0, 0.05) is 13.0 Å². The van der Waals surface area contributed by atoms with Crippen molar-refractivity contribution in [2.75, 3.05) is 0 Å². The van der Waals surface area contributed by atoms with Crippen molar-refractivity contribution in [3.63, 3.8) is 0 Å². The molecule has 0 atom stereocenters. The molecule has 0 spiro atoms. The lowest BCUT2D eigenvalue weighted by Gasteiger charge is -1.96. The Labute approximate surface area is 85.0 Å². The van der Waals surface area contributed by atoms with Gasteiger partial charge in [-0.1, -0.05) is 17.7 Å². The van der Waals surface area contributed by atoms with Crippen LogP contribution in [0.4, 0.5) is 4.39 Å². The maximum atomic E-state index is 12.7. The van der Waals surface area contributed by atoms with Gasteiger partial charge in [0.1, 0.15) is 5.82 Å². The summed E-state index contributed by atoms with van der Waals surface area (Å²) in [5.41, 5.74) is 0.485. The topological polar surface area (TPSA) is 43.1 Å². The fraction of sp³-hybridized carbons (Fsp3) is 0.111. The molecule has 0 heterocycles. The molecule has 0 amide bonds. The second-order valence-electron chi connectivity index (χ2n) is 2.72. The fourth-order valence-electron chi connectivity index (χ4n) is 0.896. The zero-order valence-corrected chi connectivity index (χ0v) is 8.08. The zero-order valence-electron chi connectivity index (χ0n) is 7.33.